The molecule has 1 aromatic heterocycles. The van der Waals surface area contributed by atoms with Gasteiger partial charge in [-0.15, -0.1) is 0 Å². The molecule has 6 nitrogen and oxygen atoms in total. The Morgan fingerprint density at radius 3 is 2.37 bits per heavy atom. The molecular formula is C13H14N4O2. The van der Waals surface area contributed by atoms with Crippen molar-refractivity contribution in [1.82, 2.24) is 10.2 Å². The van der Waals surface area contributed by atoms with Gasteiger partial charge in [-0.3, -0.25) is 10.1 Å². The molecule has 0 aliphatic carbocycles. The molecule has 2 aromatic rings. The van der Waals surface area contributed by atoms with Crippen molar-refractivity contribution in [3.63, 3.8) is 0 Å². The summed E-state index contributed by atoms with van der Waals surface area (Å²) in [4.78, 5) is 22.6. The minimum absolute atomic E-state index is 0.279. The SMILES string of the molecule is Cc1cc(C)cc(NC(=O)Nc2ccc(=O)[nH]n2)c1. The van der Waals surface area contributed by atoms with Crippen molar-refractivity contribution in [3.8, 4) is 0 Å². The van der Waals surface area contributed by atoms with Crippen LogP contribution in [0.2, 0.25) is 0 Å². The summed E-state index contributed by atoms with van der Waals surface area (Å²) >= 11 is 0. The van der Waals surface area contributed by atoms with E-state index in [1.54, 1.807) is 0 Å². The van der Waals surface area contributed by atoms with E-state index in [-0.39, 0.29) is 11.4 Å². The maximum atomic E-state index is 11.7. The van der Waals surface area contributed by atoms with Crippen LogP contribution in [0.4, 0.5) is 16.3 Å². The van der Waals surface area contributed by atoms with Crippen LogP contribution in [0, 0.1) is 13.8 Å². The molecule has 1 heterocycles. The number of rotatable bonds is 2. The van der Waals surface area contributed by atoms with E-state index in [1.165, 1.54) is 12.1 Å². The number of carbonyl (C=O) groups excluding carboxylic acids is 1. The lowest BCUT2D eigenvalue weighted by Crippen LogP contribution is -2.21. The van der Waals surface area contributed by atoms with Crippen LogP contribution in [0.5, 0.6) is 0 Å². The third kappa shape index (κ3) is 3.67. The van der Waals surface area contributed by atoms with Crippen LogP contribution in [0.15, 0.2) is 35.1 Å². The second kappa shape index (κ2) is 5.34. The Labute approximate surface area is 109 Å². The number of amides is 2. The number of hydrogen-bond acceptors (Lipinski definition) is 3. The molecule has 0 aliphatic heterocycles. The summed E-state index contributed by atoms with van der Waals surface area (Å²) in [6.07, 6.45) is 0. The molecule has 0 radical (unpaired) electrons. The van der Waals surface area contributed by atoms with E-state index in [1.807, 2.05) is 32.0 Å². The predicted molar refractivity (Wildman–Crippen MR) is 73.4 cm³/mol. The molecule has 6 heteroatoms. The van der Waals surface area contributed by atoms with E-state index < -0.39 is 6.03 Å². The van der Waals surface area contributed by atoms with Crippen molar-refractivity contribution in [2.75, 3.05) is 10.6 Å². The number of anilines is 2. The number of aryl methyl sites for hydroxylation is 2. The topological polar surface area (TPSA) is 86.9 Å². The third-order valence-electron chi connectivity index (χ3n) is 2.40. The molecular weight excluding hydrogens is 244 g/mol. The summed E-state index contributed by atoms with van der Waals surface area (Å²) in [5.41, 5.74) is 2.52. The zero-order valence-electron chi connectivity index (χ0n) is 10.7. The molecule has 0 spiro atoms. The zero-order chi connectivity index (χ0) is 13.8. The number of aromatic amines is 1. The van der Waals surface area contributed by atoms with Crippen LogP contribution in [0.1, 0.15) is 11.1 Å². The average Bonchev–Trinajstić information content (AvgIpc) is 2.30. The van der Waals surface area contributed by atoms with E-state index in [4.69, 9.17) is 0 Å². The van der Waals surface area contributed by atoms with Gasteiger partial charge in [0.15, 0.2) is 5.82 Å². The van der Waals surface area contributed by atoms with Gasteiger partial charge in [-0.2, -0.15) is 5.10 Å². The Hall–Kier alpha value is -2.63. The number of urea groups is 1. The Balaban J connectivity index is 2.05. The highest BCUT2D eigenvalue weighted by atomic mass is 16.2. The first-order valence-corrected chi connectivity index (χ1v) is 5.75. The number of aromatic nitrogens is 2. The van der Waals surface area contributed by atoms with E-state index in [0.717, 1.165) is 11.1 Å². The number of H-pyrrole nitrogens is 1. The van der Waals surface area contributed by atoms with Crippen molar-refractivity contribution in [1.29, 1.82) is 0 Å². The summed E-state index contributed by atoms with van der Waals surface area (Å²) < 4.78 is 0. The average molecular weight is 258 g/mol. The number of nitrogens with zero attached hydrogens (tertiary/aromatic N) is 1. The highest BCUT2D eigenvalue weighted by molar-refractivity contribution is 5.99. The van der Waals surface area contributed by atoms with Gasteiger partial charge in [0.05, 0.1) is 0 Å². The smallest absolute Gasteiger partial charge is 0.308 e. The van der Waals surface area contributed by atoms with E-state index in [0.29, 0.717) is 5.69 Å². The highest BCUT2D eigenvalue weighted by Crippen LogP contribution is 2.13. The summed E-state index contributed by atoms with van der Waals surface area (Å²) in [7, 11) is 0. The monoisotopic (exact) mass is 258 g/mol. The van der Waals surface area contributed by atoms with Crippen LogP contribution in [-0.2, 0) is 0 Å². The van der Waals surface area contributed by atoms with Gasteiger partial charge < -0.3 is 5.32 Å². The minimum Gasteiger partial charge on any atom is -0.308 e. The second-order valence-corrected chi connectivity index (χ2v) is 4.26. The largest absolute Gasteiger partial charge is 0.324 e. The Bertz CT molecular complexity index is 623. The first-order valence-electron chi connectivity index (χ1n) is 5.75. The maximum absolute atomic E-state index is 11.7. The van der Waals surface area contributed by atoms with Crippen molar-refractivity contribution in [2.24, 2.45) is 0 Å². The lowest BCUT2D eigenvalue weighted by molar-refractivity contribution is 0.262. The maximum Gasteiger partial charge on any atom is 0.324 e. The van der Waals surface area contributed by atoms with Gasteiger partial charge in [0.25, 0.3) is 5.56 Å². The molecule has 0 saturated carbocycles. The first-order chi connectivity index (χ1) is 9.02. The van der Waals surface area contributed by atoms with E-state index in [9.17, 15) is 9.59 Å². The van der Waals surface area contributed by atoms with Crippen LogP contribution >= 0.6 is 0 Å². The van der Waals surface area contributed by atoms with E-state index in [2.05, 4.69) is 20.8 Å². The van der Waals surface area contributed by atoms with Gasteiger partial charge in [0.2, 0.25) is 0 Å². The Morgan fingerprint density at radius 1 is 1.11 bits per heavy atom. The number of hydrogen-bond donors (Lipinski definition) is 3. The molecule has 19 heavy (non-hydrogen) atoms. The van der Waals surface area contributed by atoms with Crippen molar-refractivity contribution >= 4 is 17.5 Å². The van der Waals surface area contributed by atoms with Gasteiger partial charge in [-0.1, -0.05) is 6.07 Å². The van der Waals surface area contributed by atoms with Crippen molar-refractivity contribution in [2.45, 2.75) is 13.8 Å². The van der Waals surface area contributed by atoms with Crippen LogP contribution < -0.4 is 16.2 Å². The molecule has 2 rings (SSSR count). The van der Waals surface area contributed by atoms with Crippen molar-refractivity contribution in [3.05, 3.63) is 51.8 Å². The lowest BCUT2D eigenvalue weighted by Gasteiger charge is -2.08. The summed E-state index contributed by atoms with van der Waals surface area (Å²) in [5.74, 6) is 0.279. The quantitative estimate of drug-likeness (QED) is 0.770. The molecule has 0 fully saturated rings. The molecule has 1 aromatic carbocycles. The fourth-order valence-electron chi connectivity index (χ4n) is 1.74. The second-order valence-electron chi connectivity index (χ2n) is 4.26. The zero-order valence-corrected chi connectivity index (χ0v) is 10.7. The number of nitrogens with one attached hydrogen (secondary N) is 3. The minimum atomic E-state index is -0.412. The summed E-state index contributed by atoms with van der Waals surface area (Å²) in [6, 6.07) is 8.07. The summed E-state index contributed by atoms with van der Waals surface area (Å²) in [5, 5.41) is 11.2. The highest BCUT2D eigenvalue weighted by Gasteiger charge is 2.04. The van der Waals surface area contributed by atoms with Crippen molar-refractivity contribution < 1.29 is 4.79 Å². The molecule has 3 N–H and O–H groups in total. The Kier molecular flexibility index (Phi) is 3.61. The van der Waals surface area contributed by atoms with Gasteiger partial charge in [0.1, 0.15) is 0 Å². The van der Waals surface area contributed by atoms with Crippen LogP contribution in [-0.4, -0.2) is 16.2 Å². The molecule has 98 valence electrons. The standard InChI is InChI=1S/C13H14N4O2/c1-8-5-9(2)7-10(6-8)14-13(19)15-11-3-4-12(18)17-16-11/h3-7H,1-2H3,(H,17,18)(H2,14,15,16,19). The third-order valence-corrected chi connectivity index (χ3v) is 2.40. The van der Waals surface area contributed by atoms with Gasteiger partial charge in [0, 0.05) is 11.8 Å². The molecule has 0 unspecified atom stereocenters. The van der Waals surface area contributed by atoms with Gasteiger partial charge in [-0.05, 0) is 43.2 Å². The lowest BCUT2D eigenvalue weighted by atomic mass is 10.1. The van der Waals surface area contributed by atoms with Crippen LogP contribution in [0.25, 0.3) is 0 Å². The van der Waals surface area contributed by atoms with Gasteiger partial charge >= 0.3 is 6.03 Å². The molecule has 0 aliphatic rings. The summed E-state index contributed by atoms with van der Waals surface area (Å²) in [6.45, 7) is 3.92. The van der Waals surface area contributed by atoms with E-state index >= 15 is 0 Å². The number of benzene rings is 1. The molecule has 0 atom stereocenters. The van der Waals surface area contributed by atoms with Gasteiger partial charge in [-0.25, -0.2) is 9.89 Å². The molecule has 0 bridgehead atoms. The molecule has 0 saturated heterocycles. The fraction of sp³-hybridized carbons (Fsp3) is 0.154. The normalized spacial score (nSPS) is 10.0. The Morgan fingerprint density at radius 2 is 1.79 bits per heavy atom. The first kappa shape index (κ1) is 12.8. The molecule has 2 amide bonds. The van der Waals surface area contributed by atoms with Crippen LogP contribution in [0.3, 0.4) is 0 Å². The fourth-order valence-corrected chi connectivity index (χ4v) is 1.74. The number of carbonyl (C=O) groups is 1. The predicted octanol–water partition coefficient (Wildman–Crippen LogP) is 2.03.